The number of ether oxygens (including phenoxy) is 1. The number of Topliss-reactive ketones (excluding diaryl/α,β-unsaturated/α-hetero) is 1. The van der Waals surface area contributed by atoms with Gasteiger partial charge in [0.2, 0.25) is 5.78 Å². The van der Waals surface area contributed by atoms with E-state index in [1.54, 1.807) is 6.92 Å². The molecule has 0 saturated heterocycles. The van der Waals surface area contributed by atoms with Gasteiger partial charge in [-0.05, 0) is 43.8 Å². The third kappa shape index (κ3) is 4.11. The highest BCUT2D eigenvalue weighted by Gasteiger charge is 2.21. The van der Waals surface area contributed by atoms with Crippen LogP contribution >= 0.6 is 23.1 Å². The van der Waals surface area contributed by atoms with Crippen molar-refractivity contribution in [3.8, 4) is 0 Å². The van der Waals surface area contributed by atoms with E-state index in [-0.39, 0.29) is 11.5 Å². The molecular weight excluding hydrogens is 368 g/mol. The van der Waals surface area contributed by atoms with Crippen LogP contribution in [-0.2, 0) is 9.53 Å². The van der Waals surface area contributed by atoms with E-state index >= 15 is 0 Å². The van der Waals surface area contributed by atoms with Gasteiger partial charge in [0.1, 0.15) is 16.2 Å². The summed E-state index contributed by atoms with van der Waals surface area (Å²) in [6, 6.07) is 7.60. The van der Waals surface area contributed by atoms with Gasteiger partial charge in [-0.3, -0.25) is 9.59 Å². The molecule has 0 aliphatic carbocycles. The number of thioether (sulfide) groups is 1. The van der Waals surface area contributed by atoms with Gasteiger partial charge in [-0.2, -0.15) is 0 Å². The van der Waals surface area contributed by atoms with Crippen molar-refractivity contribution in [3.63, 3.8) is 0 Å². The molecule has 2 heterocycles. The van der Waals surface area contributed by atoms with Crippen LogP contribution in [0, 0.1) is 13.8 Å². The third-order valence-electron chi connectivity index (χ3n) is 3.89. The maximum absolute atomic E-state index is 12.6. The van der Waals surface area contributed by atoms with Crippen molar-refractivity contribution >= 4 is 45.1 Å². The molecule has 0 aliphatic heterocycles. The van der Waals surface area contributed by atoms with Gasteiger partial charge in [-0.15, -0.1) is 11.3 Å². The number of hydrogen-bond acceptors (Lipinski definition) is 7. The predicted octanol–water partition coefficient (Wildman–Crippen LogP) is 4.21. The number of rotatable bonds is 6. The van der Waals surface area contributed by atoms with Gasteiger partial charge < -0.3 is 4.74 Å². The summed E-state index contributed by atoms with van der Waals surface area (Å²) in [5.74, 6) is -0.540. The fraction of sp³-hybridized carbons (Fsp3) is 0.263. The molecule has 3 aromatic rings. The second-order valence-electron chi connectivity index (χ2n) is 5.92. The van der Waals surface area contributed by atoms with Crippen LogP contribution in [0.1, 0.15) is 28.4 Å². The molecule has 0 fully saturated rings. The molecule has 134 valence electrons. The van der Waals surface area contributed by atoms with Gasteiger partial charge in [0.25, 0.3) is 0 Å². The summed E-state index contributed by atoms with van der Waals surface area (Å²) in [5, 5.41) is 3.60. The Morgan fingerprint density at radius 2 is 2.04 bits per heavy atom. The van der Waals surface area contributed by atoms with Gasteiger partial charge in [0.05, 0.1) is 5.75 Å². The number of nitrogens with zero attached hydrogens (tertiary/aromatic N) is 2. The van der Waals surface area contributed by atoms with Crippen LogP contribution in [0.3, 0.4) is 0 Å². The number of benzene rings is 1. The van der Waals surface area contributed by atoms with Crippen LogP contribution < -0.4 is 0 Å². The standard InChI is InChI=1S/C19H18N2O3S2/c1-11-4-5-12(2)15(8-11)17(23)13(3)24-16(22)9-26-19-14-6-7-25-18(14)20-10-21-19/h4-8,10,13H,9H2,1-3H3/t13-/m1/s1. The Hall–Kier alpha value is -2.25. The van der Waals surface area contributed by atoms with Crippen LogP contribution in [0.15, 0.2) is 41.0 Å². The van der Waals surface area contributed by atoms with Crippen molar-refractivity contribution < 1.29 is 14.3 Å². The molecule has 0 radical (unpaired) electrons. The van der Waals surface area contributed by atoms with Gasteiger partial charge in [0, 0.05) is 10.9 Å². The van der Waals surface area contributed by atoms with Gasteiger partial charge in [-0.1, -0.05) is 29.5 Å². The first-order valence-electron chi connectivity index (χ1n) is 8.07. The van der Waals surface area contributed by atoms with Crippen molar-refractivity contribution in [2.45, 2.75) is 31.9 Å². The molecule has 26 heavy (non-hydrogen) atoms. The molecule has 0 aliphatic rings. The fourth-order valence-corrected chi connectivity index (χ4v) is 4.08. The molecule has 1 atom stereocenters. The van der Waals surface area contributed by atoms with Crippen molar-refractivity contribution in [2.75, 3.05) is 5.75 Å². The Morgan fingerprint density at radius 1 is 1.23 bits per heavy atom. The normalized spacial score (nSPS) is 12.1. The van der Waals surface area contributed by atoms with Crippen molar-refractivity contribution in [2.24, 2.45) is 0 Å². The molecular formula is C19H18N2O3S2. The van der Waals surface area contributed by atoms with E-state index < -0.39 is 12.1 Å². The van der Waals surface area contributed by atoms with E-state index in [0.29, 0.717) is 5.56 Å². The summed E-state index contributed by atoms with van der Waals surface area (Å²) in [4.78, 5) is 34.0. The van der Waals surface area contributed by atoms with E-state index in [0.717, 1.165) is 26.4 Å². The summed E-state index contributed by atoms with van der Waals surface area (Å²) >= 11 is 2.81. The summed E-state index contributed by atoms with van der Waals surface area (Å²) in [5.41, 5.74) is 2.46. The number of aryl methyl sites for hydroxylation is 2. The fourth-order valence-electron chi connectivity index (χ4n) is 2.51. The van der Waals surface area contributed by atoms with Crippen LogP contribution in [-0.4, -0.2) is 33.6 Å². The van der Waals surface area contributed by atoms with Crippen LogP contribution in [0.25, 0.3) is 10.2 Å². The Labute approximate surface area is 159 Å². The number of ketones is 1. The number of esters is 1. The molecule has 7 heteroatoms. The SMILES string of the molecule is Cc1ccc(C)c(C(=O)[C@@H](C)OC(=O)CSc2ncnc3sccc23)c1. The number of aromatic nitrogens is 2. The average molecular weight is 386 g/mol. The second kappa shape index (κ2) is 7.97. The highest BCUT2D eigenvalue weighted by Crippen LogP contribution is 2.27. The van der Waals surface area contributed by atoms with E-state index in [9.17, 15) is 9.59 Å². The lowest BCUT2D eigenvalue weighted by Gasteiger charge is -2.14. The Kier molecular flexibility index (Phi) is 5.68. The zero-order chi connectivity index (χ0) is 18.7. The molecule has 2 aromatic heterocycles. The second-order valence-corrected chi connectivity index (χ2v) is 7.78. The third-order valence-corrected chi connectivity index (χ3v) is 5.69. The minimum atomic E-state index is -0.824. The van der Waals surface area contributed by atoms with E-state index in [2.05, 4.69) is 9.97 Å². The van der Waals surface area contributed by atoms with Crippen molar-refractivity contribution in [1.82, 2.24) is 9.97 Å². The summed E-state index contributed by atoms with van der Waals surface area (Å²) < 4.78 is 5.33. The minimum absolute atomic E-state index is 0.0897. The van der Waals surface area contributed by atoms with Crippen LogP contribution in [0.2, 0.25) is 0 Å². The number of fused-ring (bicyclic) bond motifs is 1. The molecule has 0 spiro atoms. The average Bonchev–Trinajstić information content (AvgIpc) is 3.10. The van der Waals surface area contributed by atoms with E-state index in [4.69, 9.17) is 4.74 Å². The summed E-state index contributed by atoms with van der Waals surface area (Å²) in [7, 11) is 0. The van der Waals surface area contributed by atoms with E-state index in [1.807, 2.05) is 43.5 Å². The topological polar surface area (TPSA) is 69.2 Å². The molecule has 3 rings (SSSR count). The Morgan fingerprint density at radius 3 is 2.85 bits per heavy atom. The van der Waals surface area contributed by atoms with Crippen molar-refractivity contribution in [3.05, 3.63) is 52.7 Å². The Balaban J connectivity index is 1.61. The molecule has 0 unspecified atom stereocenters. The monoisotopic (exact) mass is 386 g/mol. The first-order valence-corrected chi connectivity index (χ1v) is 9.94. The summed E-state index contributed by atoms with van der Waals surface area (Å²) in [6.07, 6.45) is 0.661. The first-order chi connectivity index (χ1) is 12.5. The zero-order valence-corrected chi connectivity index (χ0v) is 16.3. The van der Waals surface area contributed by atoms with Crippen molar-refractivity contribution in [1.29, 1.82) is 0 Å². The molecule has 0 N–H and O–H groups in total. The molecule has 0 saturated carbocycles. The van der Waals surface area contributed by atoms with E-state index in [1.165, 1.54) is 29.4 Å². The smallest absolute Gasteiger partial charge is 0.317 e. The number of hydrogen-bond donors (Lipinski definition) is 0. The molecule has 5 nitrogen and oxygen atoms in total. The van der Waals surface area contributed by atoms with Gasteiger partial charge >= 0.3 is 5.97 Å². The number of carbonyl (C=O) groups is 2. The maximum atomic E-state index is 12.6. The van der Waals surface area contributed by atoms with Crippen LogP contribution in [0.4, 0.5) is 0 Å². The zero-order valence-electron chi connectivity index (χ0n) is 14.7. The minimum Gasteiger partial charge on any atom is -0.454 e. The lowest BCUT2D eigenvalue weighted by Crippen LogP contribution is -2.26. The molecule has 0 bridgehead atoms. The largest absolute Gasteiger partial charge is 0.454 e. The highest BCUT2D eigenvalue weighted by molar-refractivity contribution is 8.00. The van der Waals surface area contributed by atoms with Gasteiger partial charge in [-0.25, -0.2) is 9.97 Å². The first kappa shape index (κ1) is 18.5. The number of thiophene rings is 1. The van der Waals surface area contributed by atoms with Crippen LogP contribution in [0.5, 0.6) is 0 Å². The quantitative estimate of drug-likeness (QED) is 0.273. The summed E-state index contributed by atoms with van der Waals surface area (Å²) in [6.45, 7) is 5.41. The highest BCUT2D eigenvalue weighted by atomic mass is 32.2. The number of carbonyl (C=O) groups excluding carboxylic acids is 2. The molecule has 0 amide bonds. The Bertz CT molecular complexity index is 968. The maximum Gasteiger partial charge on any atom is 0.317 e. The predicted molar refractivity (Wildman–Crippen MR) is 104 cm³/mol. The van der Waals surface area contributed by atoms with Gasteiger partial charge in [0.15, 0.2) is 6.10 Å². The molecule has 1 aromatic carbocycles. The lowest BCUT2D eigenvalue weighted by molar-refractivity contribution is -0.143. The lowest BCUT2D eigenvalue weighted by atomic mass is 9.99.